The number of morpholine rings is 1. The lowest BCUT2D eigenvalue weighted by molar-refractivity contribution is -0.116. The molecule has 3 aromatic rings. The van der Waals surface area contributed by atoms with E-state index in [1.54, 1.807) is 30.3 Å². The van der Waals surface area contributed by atoms with Crippen LogP contribution in [0.4, 0.5) is 0 Å². The van der Waals surface area contributed by atoms with Crippen LogP contribution in [0.15, 0.2) is 95.9 Å². The van der Waals surface area contributed by atoms with E-state index in [1.165, 1.54) is 21.5 Å². The van der Waals surface area contributed by atoms with E-state index in [0.717, 1.165) is 12.0 Å². The Morgan fingerprint density at radius 3 is 2.03 bits per heavy atom. The number of hydrogen-bond acceptors (Lipinski definition) is 4. The van der Waals surface area contributed by atoms with Crippen LogP contribution in [0.1, 0.15) is 29.0 Å². The van der Waals surface area contributed by atoms with E-state index < -0.39 is 10.0 Å². The van der Waals surface area contributed by atoms with Gasteiger partial charge in [0, 0.05) is 31.6 Å². The number of hydrogen-bond donors (Lipinski definition) is 1. The van der Waals surface area contributed by atoms with Gasteiger partial charge in [-0.1, -0.05) is 72.8 Å². The fraction of sp³-hybridized carbons (Fsp3) is 0.250. The van der Waals surface area contributed by atoms with Gasteiger partial charge >= 0.3 is 0 Å². The highest BCUT2D eigenvalue weighted by Gasteiger charge is 2.26. The molecule has 35 heavy (non-hydrogen) atoms. The minimum Gasteiger partial charge on any atom is -0.379 e. The molecular weight excluding hydrogens is 460 g/mol. The number of nitrogens with zero attached hydrogens (tertiary/aromatic N) is 1. The third-order valence-corrected chi connectivity index (χ3v) is 7.96. The van der Waals surface area contributed by atoms with Gasteiger partial charge in [0.15, 0.2) is 0 Å². The maximum Gasteiger partial charge on any atom is 0.243 e. The zero-order valence-electron chi connectivity index (χ0n) is 19.5. The number of amides is 1. The molecule has 0 aliphatic carbocycles. The number of benzene rings is 3. The van der Waals surface area contributed by atoms with Crippen LogP contribution < -0.4 is 5.32 Å². The lowest BCUT2D eigenvalue weighted by atomic mass is 9.88. The van der Waals surface area contributed by atoms with Gasteiger partial charge in [-0.15, -0.1) is 0 Å². The van der Waals surface area contributed by atoms with Crippen LogP contribution in [0.3, 0.4) is 0 Å². The lowest BCUT2D eigenvalue weighted by Gasteiger charge is -2.26. The van der Waals surface area contributed by atoms with E-state index in [1.807, 2.05) is 36.4 Å². The molecule has 1 saturated heterocycles. The third-order valence-electron chi connectivity index (χ3n) is 6.05. The fourth-order valence-electron chi connectivity index (χ4n) is 4.15. The molecule has 1 fully saturated rings. The first-order valence-corrected chi connectivity index (χ1v) is 13.2. The van der Waals surface area contributed by atoms with Crippen molar-refractivity contribution >= 4 is 22.0 Å². The molecule has 0 radical (unpaired) electrons. The maximum absolute atomic E-state index is 12.7. The number of carbonyl (C=O) groups excluding carboxylic acids is 1. The summed E-state index contributed by atoms with van der Waals surface area (Å²) in [5.74, 6) is 0.0116. The number of carbonyl (C=O) groups is 1. The molecule has 182 valence electrons. The summed E-state index contributed by atoms with van der Waals surface area (Å²) in [6.07, 6.45) is 3.94. The number of sulfonamides is 1. The van der Waals surface area contributed by atoms with E-state index in [2.05, 4.69) is 29.6 Å². The highest BCUT2D eigenvalue weighted by Crippen LogP contribution is 2.27. The second-order valence-electron chi connectivity index (χ2n) is 8.37. The summed E-state index contributed by atoms with van der Waals surface area (Å²) >= 11 is 0. The summed E-state index contributed by atoms with van der Waals surface area (Å²) < 4.78 is 32.1. The monoisotopic (exact) mass is 490 g/mol. The Labute approximate surface area is 207 Å². The van der Waals surface area contributed by atoms with Gasteiger partial charge in [0.2, 0.25) is 15.9 Å². The van der Waals surface area contributed by atoms with Gasteiger partial charge in [-0.05, 0) is 41.3 Å². The summed E-state index contributed by atoms with van der Waals surface area (Å²) in [6.45, 7) is 2.08. The van der Waals surface area contributed by atoms with Crippen LogP contribution in [0.25, 0.3) is 6.08 Å². The van der Waals surface area contributed by atoms with Crippen LogP contribution in [-0.2, 0) is 19.6 Å². The molecule has 7 heteroatoms. The smallest absolute Gasteiger partial charge is 0.243 e. The quantitative estimate of drug-likeness (QED) is 0.459. The van der Waals surface area contributed by atoms with Gasteiger partial charge in [0.05, 0.1) is 18.1 Å². The van der Waals surface area contributed by atoms with Crippen molar-refractivity contribution in [1.29, 1.82) is 0 Å². The van der Waals surface area contributed by atoms with Crippen molar-refractivity contribution in [2.75, 3.05) is 32.8 Å². The molecule has 1 heterocycles. The largest absolute Gasteiger partial charge is 0.379 e. The Morgan fingerprint density at radius 1 is 0.886 bits per heavy atom. The average Bonchev–Trinajstić information content (AvgIpc) is 2.91. The summed E-state index contributed by atoms with van der Waals surface area (Å²) in [5, 5.41) is 2.96. The number of nitrogens with one attached hydrogen (secondary N) is 1. The molecule has 1 N–H and O–H groups in total. The standard InChI is InChI=1S/C28H30N2O4S/c31-28(29-18-17-27(24-7-3-1-4-8-24)25-9-5-2-6-10-25)16-13-23-11-14-26(15-12-23)35(32,33)30-19-21-34-22-20-30/h1-16,27H,17-22H2,(H,29,31). The van der Waals surface area contributed by atoms with Gasteiger partial charge in [0.25, 0.3) is 0 Å². The second kappa shape index (κ2) is 11.9. The Kier molecular flexibility index (Phi) is 8.47. The molecule has 4 rings (SSSR count). The van der Waals surface area contributed by atoms with Crippen LogP contribution in [-0.4, -0.2) is 51.5 Å². The normalized spacial score (nSPS) is 14.9. The Bertz CT molecular complexity index is 1180. The predicted octanol–water partition coefficient (Wildman–Crippen LogP) is 4.06. The highest BCUT2D eigenvalue weighted by molar-refractivity contribution is 7.89. The summed E-state index contributed by atoms with van der Waals surface area (Å²) in [7, 11) is -3.53. The Balaban J connectivity index is 1.32. The van der Waals surface area contributed by atoms with E-state index >= 15 is 0 Å². The minimum absolute atomic E-state index is 0.185. The molecule has 6 nitrogen and oxygen atoms in total. The molecule has 1 aliphatic heterocycles. The fourth-order valence-corrected chi connectivity index (χ4v) is 5.56. The van der Waals surface area contributed by atoms with Gasteiger partial charge in [-0.2, -0.15) is 4.31 Å². The molecule has 0 aromatic heterocycles. The molecule has 3 aromatic carbocycles. The zero-order valence-corrected chi connectivity index (χ0v) is 20.4. The van der Waals surface area contributed by atoms with E-state index in [4.69, 9.17) is 4.74 Å². The molecule has 1 aliphatic rings. The van der Waals surface area contributed by atoms with Crippen molar-refractivity contribution in [2.24, 2.45) is 0 Å². The SMILES string of the molecule is O=C(C=Cc1ccc(S(=O)(=O)N2CCOCC2)cc1)NCCC(c1ccccc1)c1ccccc1. The summed E-state index contributed by atoms with van der Waals surface area (Å²) in [6, 6.07) is 27.2. The number of ether oxygens (including phenoxy) is 1. The molecule has 1 amide bonds. The first kappa shape index (κ1) is 24.9. The van der Waals surface area contributed by atoms with Crippen molar-refractivity contribution in [3.8, 4) is 0 Å². The van der Waals surface area contributed by atoms with Gasteiger partial charge in [-0.3, -0.25) is 4.79 Å². The predicted molar refractivity (Wildman–Crippen MR) is 137 cm³/mol. The summed E-state index contributed by atoms with van der Waals surface area (Å²) in [4.78, 5) is 12.6. The Morgan fingerprint density at radius 2 is 1.46 bits per heavy atom. The van der Waals surface area contributed by atoms with Crippen LogP contribution >= 0.6 is 0 Å². The lowest BCUT2D eigenvalue weighted by Crippen LogP contribution is -2.40. The highest BCUT2D eigenvalue weighted by atomic mass is 32.2. The van der Waals surface area contributed by atoms with E-state index in [9.17, 15) is 13.2 Å². The molecule has 0 saturated carbocycles. The topological polar surface area (TPSA) is 75.7 Å². The van der Waals surface area contributed by atoms with Crippen LogP contribution in [0.5, 0.6) is 0 Å². The molecule has 0 bridgehead atoms. The average molecular weight is 491 g/mol. The Hall–Kier alpha value is -3.26. The van der Waals surface area contributed by atoms with E-state index in [-0.39, 0.29) is 16.7 Å². The molecule has 0 spiro atoms. The minimum atomic E-state index is -3.53. The van der Waals surface area contributed by atoms with E-state index in [0.29, 0.717) is 32.8 Å². The molecular formula is C28H30N2O4S. The van der Waals surface area contributed by atoms with Crippen molar-refractivity contribution in [3.63, 3.8) is 0 Å². The first-order chi connectivity index (χ1) is 17.0. The van der Waals surface area contributed by atoms with Crippen molar-refractivity contribution in [3.05, 3.63) is 108 Å². The van der Waals surface area contributed by atoms with Crippen molar-refractivity contribution in [1.82, 2.24) is 9.62 Å². The van der Waals surface area contributed by atoms with Gasteiger partial charge in [0.1, 0.15) is 0 Å². The van der Waals surface area contributed by atoms with Crippen molar-refractivity contribution in [2.45, 2.75) is 17.2 Å². The van der Waals surface area contributed by atoms with Gasteiger partial charge < -0.3 is 10.1 Å². The maximum atomic E-state index is 12.7. The van der Waals surface area contributed by atoms with Crippen LogP contribution in [0.2, 0.25) is 0 Å². The van der Waals surface area contributed by atoms with Crippen molar-refractivity contribution < 1.29 is 17.9 Å². The summed E-state index contributed by atoms with van der Waals surface area (Å²) in [5.41, 5.74) is 3.19. The second-order valence-corrected chi connectivity index (χ2v) is 10.3. The molecule has 0 unspecified atom stereocenters. The first-order valence-electron chi connectivity index (χ1n) is 11.8. The van der Waals surface area contributed by atoms with Gasteiger partial charge in [-0.25, -0.2) is 8.42 Å². The third kappa shape index (κ3) is 6.66. The molecule has 0 atom stereocenters. The van der Waals surface area contributed by atoms with Crippen LogP contribution in [0, 0.1) is 0 Å². The number of rotatable bonds is 9. The zero-order chi connectivity index (χ0) is 24.5.